The largest absolute Gasteiger partial charge is 0.487 e. The number of hydrogen-bond donors (Lipinski definition) is 1. The molecule has 2 amide bonds. The lowest BCUT2D eigenvalue weighted by atomic mass is 10.1. The third-order valence-corrected chi connectivity index (χ3v) is 7.27. The van der Waals surface area contributed by atoms with E-state index in [1.54, 1.807) is 37.4 Å². The minimum absolute atomic E-state index is 0.0527. The van der Waals surface area contributed by atoms with Crippen LogP contribution in [-0.4, -0.2) is 88.9 Å². The second-order valence-electron chi connectivity index (χ2n) is 12.7. The Kier molecular flexibility index (Phi) is 11.5. The Morgan fingerprint density at radius 3 is 2.35 bits per heavy atom. The lowest BCUT2D eigenvalue weighted by Crippen LogP contribution is -2.37. The van der Waals surface area contributed by atoms with Crippen LogP contribution in [0.1, 0.15) is 44.7 Å². The SMILES string of the molecule is COCCOc1cc2ncnc(Oc3cnn(CC(=O)Nc4cc(C)cc(CN(C(=O)OC(C)(C)C)C5CC5)c4)c3)c2cc1OCCOC. The van der Waals surface area contributed by atoms with Crippen LogP contribution in [0.3, 0.4) is 0 Å². The van der Waals surface area contributed by atoms with E-state index in [0.29, 0.717) is 66.8 Å². The Balaban J connectivity index is 1.24. The number of ether oxygens (including phenoxy) is 6. The van der Waals surface area contributed by atoms with E-state index in [1.165, 1.54) is 17.2 Å². The fourth-order valence-corrected chi connectivity index (χ4v) is 5.03. The van der Waals surface area contributed by atoms with Gasteiger partial charge < -0.3 is 38.6 Å². The van der Waals surface area contributed by atoms with Gasteiger partial charge in [-0.3, -0.25) is 9.48 Å². The number of amides is 2. The Morgan fingerprint density at radius 1 is 0.959 bits per heavy atom. The minimum atomic E-state index is -0.581. The van der Waals surface area contributed by atoms with Gasteiger partial charge in [0.25, 0.3) is 0 Å². The van der Waals surface area contributed by atoms with Crippen molar-refractivity contribution in [3.63, 3.8) is 0 Å². The molecule has 0 atom stereocenters. The van der Waals surface area contributed by atoms with E-state index in [-0.39, 0.29) is 30.5 Å². The molecule has 1 fully saturated rings. The van der Waals surface area contributed by atoms with Gasteiger partial charge in [0, 0.05) is 38.6 Å². The quantitative estimate of drug-likeness (QED) is 0.150. The fraction of sp³-hybridized carbons (Fsp3) is 0.457. The standard InChI is InChI=1S/C35H44N6O8/c1-23-13-24(19-41(26-7-8-26)34(43)49-35(2,3)4)15-25(14-23)39-32(42)21-40-20-27(18-38-40)48-33-28-16-30(46-11-9-44-5)31(47-12-10-45-6)17-29(28)36-22-37-33/h13-18,20,22,26H,7-12,19,21H2,1-6H3,(H,39,42). The average molecular weight is 677 g/mol. The number of anilines is 1. The Labute approximate surface area is 285 Å². The van der Waals surface area contributed by atoms with Crippen LogP contribution in [0.5, 0.6) is 23.1 Å². The van der Waals surface area contributed by atoms with E-state index >= 15 is 0 Å². The van der Waals surface area contributed by atoms with Crippen molar-refractivity contribution in [2.45, 2.75) is 65.3 Å². The number of nitrogens with zero attached hydrogens (tertiary/aromatic N) is 5. The molecule has 14 nitrogen and oxygen atoms in total. The Hall–Kier alpha value is -4.95. The van der Waals surface area contributed by atoms with Crippen LogP contribution >= 0.6 is 0 Å². The van der Waals surface area contributed by atoms with Crippen molar-refractivity contribution in [3.8, 4) is 23.1 Å². The van der Waals surface area contributed by atoms with Gasteiger partial charge in [-0.2, -0.15) is 5.10 Å². The number of carbonyl (C=O) groups is 2. The van der Waals surface area contributed by atoms with Gasteiger partial charge in [0.1, 0.15) is 31.7 Å². The lowest BCUT2D eigenvalue weighted by molar-refractivity contribution is -0.116. The number of benzene rings is 2. The van der Waals surface area contributed by atoms with Crippen molar-refractivity contribution in [1.82, 2.24) is 24.6 Å². The van der Waals surface area contributed by atoms with Crippen LogP contribution in [0.4, 0.5) is 10.5 Å². The summed E-state index contributed by atoms with van der Waals surface area (Å²) >= 11 is 0. The van der Waals surface area contributed by atoms with Gasteiger partial charge in [0.15, 0.2) is 17.2 Å². The maximum atomic E-state index is 13.1. The van der Waals surface area contributed by atoms with Gasteiger partial charge in [0.2, 0.25) is 11.8 Å². The predicted molar refractivity (Wildman–Crippen MR) is 181 cm³/mol. The first-order valence-corrected chi connectivity index (χ1v) is 16.1. The zero-order chi connectivity index (χ0) is 35.0. The molecule has 14 heteroatoms. The summed E-state index contributed by atoms with van der Waals surface area (Å²) in [4.78, 5) is 36.4. The maximum absolute atomic E-state index is 13.1. The lowest BCUT2D eigenvalue weighted by Gasteiger charge is -2.27. The molecule has 2 heterocycles. The van der Waals surface area contributed by atoms with Crippen molar-refractivity contribution in [2.75, 3.05) is 46.0 Å². The highest BCUT2D eigenvalue weighted by atomic mass is 16.6. The third kappa shape index (κ3) is 10.3. The van der Waals surface area contributed by atoms with Crippen molar-refractivity contribution >= 4 is 28.6 Å². The van der Waals surface area contributed by atoms with E-state index in [1.807, 2.05) is 45.9 Å². The molecule has 0 spiro atoms. The first kappa shape index (κ1) is 35.4. The van der Waals surface area contributed by atoms with Crippen molar-refractivity contribution in [3.05, 3.63) is 60.2 Å². The summed E-state index contributed by atoms with van der Waals surface area (Å²) in [5.41, 5.74) is 2.50. The second kappa shape index (κ2) is 16.0. The zero-order valence-electron chi connectivity index (χ0n) is 28.9. The van der Waals surface area contributed by atoms with Gasteiger partial charge in [-0.05, 0) is 69.9 Å². The van der Waals surface area contributed by atoms with E-state index in [2.05, 4.69) is 20.4 Å². The molecule has 4 aromatic rings. The van der Waals surface area contributed by atoms with Crippen molar-refractivity contribution < 1.29 is 38.0 Å². The summed E-state index contributed by atoms with van der Waals surface area (Å²) in [7, 11) is 3.20. The summed E-state index contributed by atoms with van der Waals surface area (Å²) in [6.45, 7) is 9.33. The molecule has 49 heavy (non-hydrogen) atoms. The number of carbonyl (C=O) groups excluding carboxylic acids is 2. The molecule has 2 aromatic heterocycles. The Morgan fingerprint density at radius 2 is 1.67 bits per heavy atom. The summed E-state index contributed by atoms with van der Waals surface area (Å²) in [6, 6.07) is 9.45. The molecule has 0 saturated heterocycles. The molecule has 1 saturated carbocycles. The summed E-state index contributed by atoms with van der Waals surface area (Å²) in [6.07, 6.45) is 6.09. The monoisotopic (exact) mass is 676 g/mol. The molecule has 1 N–H and O–H groups in total. The predicted octanol–water partition coefficient (Wildman–Crippen LogP) is 5.52. The van der Waals surface area contributed by atoms with Crippen LogP contribution in [0.15, 0.2) is 49.1 Å². The first-order valence-electron chi connectivity index (χ1n) is 16.1. The van der Waals surface area contributed by atoms with Gasteiger partial charge in [0.05, 0.1) is 36.5 Å². The average Bonchev–Trinajstić information content (AvgIpc) is 3.78. The topological polar surface area (TPSA) is 148 Å². The normalized spacial score (nSPS) is 12.9. The summed E-state index contributed by atoms with van der Waals surface area (Å²) in [5.74, 6) is 1.39. The molecule has 5 rings (SSSR count). The molecular formula is C35H44N6O8. The highest BCUT2D eigenvalue weighted by molar-refractivity contribution is 5.90. The minimum Gasteiger partial charge on any atom is -0.487 e. The van der Waals surface area contributed by atoms with Crippen molar-refractivity contribution in [2.24, 2.45) is 0 Å². The van der Waals surface area contributed by atoms with Crippen molar-refractivity contribution in [1.29, 1.82) is 0 Å². The van der Waals surface area contributed by atoms with E-state index in [0.717, 1.165) is 24.0 Å². The molecule has 0 radical (unpaired) electrons. The maximum Gasteiger partial charge on any atom is 0.410 e. The van der Waals surface area contributed by atoms with Crippen LogP contribution in [0.25, 0.3) is 10.9 Å². The van der Waals surface area contributed by atoms with Crippen LogP contribution in [-0.2, 0) is 32.1 Å². The number of hydrogen-bond acceptors (Lipinski definition) is 11. The molecule has 2 aromatic carbocycles. The molecule has 1 aliphatic rings. The summed E-state index contributed by atoms with van der Waals surface area (Å²) < 4.78 is 35.2. The fourth-order valence-electron chi connectivity index (χ4n) is 5.03. The highest BCUT2D eigenvalue weighted by Crippen LogP contribution is 2.36. The van der Waals surface area contributed by atoms with Crippen LogP contribution in [0, 0.1) is 6.92 Å². The van der Waals surface area contributed by atoms with E-state index in [4.69, 9.17) is 28.4 Å². The molecule has 0 unspecified atom stereocenters. The van der Waals surface area contributed by atoms with Gasteiger partial charge >= 0.3 is 6.09 Å². The highest BCUT2D eigenvalue weighted by Gasteiger charge is 2.35. The van der Waals surface area contributed by atoms with Crippen LogP contribution in [0.2, 0.25) is 0 Å². The summed E-state index contributed by atoms with van der Waals surface area (Å²) in [5, 5.41) is 7.86. The number of methoxy groups -OCH3 is 2. The Bertz CT molecular complexity index is 1750. The number of nitrogens with one attached hydrogen (secondary N) is 1. The zero-order valence-corrected chi connectivity index (χ0v) is 28.9. The molecule has 0 bridgehead atoms. The molecule has 0 aliphatic heterocycles. The number of fused-ring (bicyclic) bond motifs is 1. The first-order chi connectivity index (χ1) is 23.5. The number of rotatable bonds is 16. The second-order valence-corrected chi connectivity index (χ2v) is 12.7. The van der Waals surface area contributed by atoms with Gasteiger partial charge in [-0.25, -0.2) is 14.8 Å². The molecule has 1 aliphatic carbocycles. The number of aryl methyl sites for hydroxylation is 1. The van der Waals surface area contributed by atoms with E-state index in [9.17, 15) is 9.59 Å². The van der Waals surface area contributed by atoms with Gasteiger partial charge in [-0.1, -0.05) is 6.07 Å². The third-order valence-electron chi connectivity index (χ3n) is 7.27. The van der Waals surface area contributed by atoms with Gasteiger partial charge in [-0.15, -0.1) is 0 Å². The smallest absolute Gasteiger partial charge is 0.410 e. The number of aromatic nitrogens is 4. The molecule has 262 valence electrons. The van der Waals surface area contributed by atoms with Crippen LogP contribution < -0.4 is 19.5 Å². The van der Waals surface area contributed by atoms with E-state index < -0.39 is 5.60 Å². The molecular weight excluding hydrogens is 632 g/mol.